The van der Waals surface area contributed by atoms with Crippen LogP contribution in [0.15, 0.2) is 24.8 Å². The molecule has 3 heteroatoms. The SMILES string of the molecule is C=CCCC(C)C(=C)C.[Cl-].[Cl-].[Mg+2]. The van der Waals surface area contributed by atoms with Crippen molar-refractivity contribution in [3.8, 4) is 0 Å². The Morgan fingerprint density at radius 2 is 1.83 bits per heavy atom. The summed E-state index contributed by atoms with van der Waals surface area (Å²) in [4.78, 5) is 0. The van der Waals surface area contributed by atoms with Gasteiger partial charge in [0, 0.05) is 0 Å². The Balaban J connectivity index is -0.000000107. The summed E-state index contributed by atoms with van der Waals surface area (Å²) in [7, 11) is 0. The average Bonchev–Trinajstić information content (AvgIpc) is 1.82. The average molecular weight is 219 g/mol. The molecule has 0 bridgehead atoms. The van der Waals surface area contributed by atoms with Crippen molar-refractivity contribution in [2.24, 2.45) is 5.92 Å². The summed E-state index contributed by atoms with van der Waals surface area (Å²) in [6.45, 7) is 11.8. The van der Waals surface area contributed by atoms with Crippen LogP contribution in [0.1, 0.15) is 26.7 Å². The van der Waals surface area contributed by atoms with Gasteiger partial charge in [0.15, 0.2) is 0 Å². The summed E-state index contributed by atoms with van der Waals surface area (Å²) in [6, 6.07) is 0. The molecule has 0 aliphatic rings. The van der Waals surface area contributed by atoms with Crippen LogP contribution in [0.3, 0.4) is 0 Å². The maximum absolute atomic E-state index is 3.87. The van der Waals surface area contributed by atoms with E-state index in [0.29, 0.717) is 5.92 Å². The third-order valence-corrected chi connectivity index (χ3v) is 1.65. The van der Waals surface area contributed by atoms with Crippen LogP contribution in [0, 0.1) is 5.92 Å². The predicted octanol–water partition coefficient (Wildman–Crippen LogP) is -3.21. The molecule has 0 aromatic rings. The van der Waals surface area contributed by atoms with E-state index >= 15 is 0 Å². The van der Waals surface area contributed by atoms with Gasteiger partial charge < -0.3 is 24.8 Å². The van der Waals surface area contributed by atoms with Gasteiger partial charge in [-0.2, -0.15) is 0 Å². The third kappa shape index (κ3) is 13.4. The van der Waals surface area contributed by atoms with E-state index in [0.717, 1.165) is 6.42 Å². The minimum absolute atomic E-state index is 0. The maximum Gasteiger partial charge on any atom is 2.00 e. The maximum atomic E-state index is 3.87. The van der Waals surface area contributed by atoms with E-state index in [9.17, 15) is 0 Å². The summed E-state index contributed by atoms with van der Waals surface area (Å²) in [6.07, 6.45) is 4.26. The second-order valence-corrected chi connectivity index (χ2v) is 2.61. The van der Waals surface area contributed by atoms with Gasteiger partial charge in [-0.15, -0.1) is 6.58 Å². The van der Waals surface area contributed by atoms with E-state index in [2.05, 4.69) is 27.0 Å². The zero-order valence-electron chi connectivity index (χ0n) is 7.95. The summed E-state index contributed by atoms with van der Waals surface area (Å²) in [5.74, 6) is 0.656. The smallest absolute Gasteiger partial charge is 1.00 e. The molecule has 0 nitrogen and oxygen atoms in total. The van der Waals surface area contributed by atoms with Gasteiger partial charge in [0.2, 0.25) is 0 Å². The molecule has 0 aromatic carbocycles. The molecule has 0 N–H and O–H groups in total. The van der Waals surface area contributed by atoms with Crippen LogP contribution in [0.25, 0.3) is 0 Å². The molecular formula is C9H16Cl2Mg. The van der Waals surface area contributed by atoms with E-state index in [1.807, 2.05) is 6.08 Å². The number of halogens is 2. The van der Waals surface area contributed by atoms with Crippen LogP contribution < -0.4 is 24.8 Å². The minimum atomic E-state index is 0. The van der Waals surface area contributed by atoms with Crippen molar-refractivity contribution in [1.29, 1.82) is 0 Å². The molecule has 0 amide bonds. The van der Waals surface area contributed by atoms with E-state index in [-0.39, 0.29) is 47.9 Å². The van der Waals surface area contributed by atoms with Gasteiger partial charge in [-0.25, -0.2) is 0 Å². The second kappa shape index (κ2) is 14.4. The molecule has 0 saturated heterocycles. The van der Waals surface area contributed by atoms with E-state index in [1.165, 1.54) is 12.0 Å². The zero-order valence-corrected chi connectivity index (χ0v) is 10.9. The van der Waals surface area contributed by atoms with E-state index < -0.39 is 0 Å². The Hall–Kier alpha value is 0.826. The molecule has 1 unspecified atom stereocenters. The molecule has 0 fully saturated rings. The normalized spacial score (nSPS) is 9.50. The van der Waals surface area contributed by atoms with Crippen LogP contribution in [-0.2, 0) is 0 Å². The van der Waals surface area contributed by atoms with Gasteiger partial charge in [0.05, 0.1) is 0 Å². The fourth-order valence-electron chi connectivity index (χ4n) is 0.614. The number of hydrogen-bond donors (Lipinski definition) is 0. The molecule has 68 valence electrons. The van der Waals surface area contributed by atoms with Crippen molar-refractivity contribution in [3.63, 3.8) is 0 Å². The summed E-state index contributed by atoms with van der Waals surface area (Å²) < 4.78 is 0. The van der Waals surface area contributed by atoms with Gasteiger partial charge in [-0.05, 0) is 25.7 Å². The first-order chi connectivity index (χ1) is 4.18. The fraction of sp³-hybridized carbons (Fsp3) is 0.556. The summed E-state index contributed by atoms with van der Waals surface area (Å²) >= 11 is 0. The van der Waals surface area contributed by atoms with Crippen LogP contribution in [0.2, 0.25) is 0 Å². The Labute approximate surface area is 105 Å². The third-order valence-electron chi connectivity index (χ3n) is 1.65. The first-order valence-corrected chi connectivity index (χ1v) is 3.44. The van der Waals surface area contributed by atoms with Crippen LogP contribution in [-0.4, -0.2) is 23.1 Å². The molecule has 0 saturated carbocycles. The van der Waals surface area contributed by atoms with Crippen LogP contribution in [0.5, 0.6) is 0 Å². The van der Waals surface area contributed by atoms with Crippen molar-refractivity contribution < 1.29 is 24.8 Å². The molecule has 0 spiro atoms. The number of rotatable bonds is 4. The quantitative estimate of drug-likeness (QED) is 0.345. The van der Waals surface area contributed by atoms with Crippen molar-refractivity contribution in [2.45, 2.75) is 26.7 Å². The number of allylic oxidation sites excluding steroid dienone is 2. The number of hydrogen-bond acceptors (Lipinski definition) is 0. The van der Waals surface area contributed by atoms with Gasteiger partial charge in [0.25, 0.3) is 0 Å². The minimum Gasteiger partial charge on any atom is -1.00 e. The molecule has 0 radical (unpaired) electrons. The van der Waals surface area contributed by atoms with Gasteiger partial charge in [-0.1, -0.05) is 25.2 Å². The summed E-state index contributed by atoms with van der Waals surface area (Å²) in [5.41, 5.74) is 1.27. The molecule has 12 heavy (non-hydrogen) atoms. The zero-order chi connectivity index (χ0) is 7.28. The van der Waals surface area contributed by atoms with Gasteiger partial charge in [0.1, 0.15) is 0 Å². The fourth-order valence-corrected chi connectivity index (χ4v) is 0.614. The Morgan fingerprint density at radius 1 is 1.42 bits per heavy atom. The molecular weight excluding hydrogens is 203 g/mol. The van der Waals surface area contributed by atoms with Crippen molar-refractivity contribution in [1.82, 2.24) is 0 Å². The van der Waals surface area contributed by atoms with E-state index in [1.54, 1.807) is 0 Å². The monoisotopic (exact) mass is 218 g/mol. The Bertz CT molecular complexity index is 113. The first-order valence-electron chi connectivity index (χ1n) is 3.44. The Kier molecular flexibility index (Phi) is 27.5. The topological polar surface area (TPSA) is 0 Å². The molecule has 0 aliphatic heterocycles. The standard InChI is InChI=1S/C9H16.2ClH.Mg/c1-5-6-7-9(4)8(2)3;;;/h5,9H,1-2,6-7H2,3-4H3;2*1H;/q;;;+2/p-2. The van der Waals surface area contributed by atoms with Crippen LogP contribution >= 0.6 is 0 Å². The molecule has 1 atom stereocenters. The molecule has 0 heterocycles. The predicted molar refractivity (Wildman–Crippen MR) is 49.2 cm³/mol. The summed E-state index contributed by atoms with van der Waals surface area (Å²) in [5, 5.41) is 0. The first kappa shape index (κ1) is 23.0. The van der Waals surface area contributed by atoms with Crippen molar-refractivity contribution >= 4 is 23.1 Å². The molecule has 0 rings (SSSR count). The molecule has 0 aromatic heterocycles. The van der Waals surface area contributed by atoms with Gasteiger partial charge >= 0.3 is 23.1 Å². The van der Waals surface area contributed by atoms with Crippen molar-refractivity contribution in [2.75, 3.05) is 0 Å². The van der Waals surface area contributed by atoms with Crippen molar-refractivity contribution in [3.05, 3.63) is 24.8 Å². The second-order valence-electron chi connectivity index (χ2n) is 2.61. The largest absolute Gasteiger partial charge is 2.00 e. The Morgan fingerprint density at radius 3 is 2.08 bits per heavy atom. The van der Waals surface area contributed by atoms with Gasteiger partial charge in [-0.3, -0.25) is 0 Å². The molecule has 0 aliphatic carbocycles. The van der Waals surface area contributed by atoms with Crippen LogP contribution in [0.4, 0.5) is 0 Å². The van der Waals surface area contributed by atoms with E-state index in [4.69, 9.17) is 0 Å².